The van der Waals surface area contributed by atoms with Gasteiger partial charge in [-0.15, -0.1) is 11.3 Å². The molecular weight excluding hydrogens is 434 g/mol. The minimum atomic E-state index is -0.191. The lowest BCUT2D eigenvalue weighted by Crippen LogP contribution is -2.28. The van der Waals surface area contributed by atoms with E-state index in [1.807, 2.05) is 48.2 Å². The zero-order chi connectivity index (χ0) is 23.5. The van der Waals surface area contributed by atoms with Gasteiger partial charge in [0.1, 0.15) is 5.69 Å². The molecule has 0 saturated heterocycles. The zero-order valence-electron chi connectivity index (χ0n) is 19.5. The van der Waals surface area contributed by atoms with Gasteiger partial charge < -0.3 is 5.32 Å². The van der Waals surface area contributed by atoms with Crippen LogP contribution in [0.25, 0.3) is 21.9 Å². The number of aryl methyl sites for hydroxylation is 3. The maximum Gasteiger partial charge on any atom is 0.268 e. The Bertz CT molecular complexity index is 1370. The normalized spacial score (nSPS) is 11.3. The number of para-hydroxylation sites is 1. The maximum absolute atomic E-state index is 13.6. The number of carbonyl (C=O) groups is 1. The summed E-state index contributed by atoms with van der Waals surface area (Å²) >= 11 is 1.37. The van der Waals surface area contributed by atoms with Gasteiger partial charge >= 0.3 is 0 Å². The van der Waals surface area contributed by atoms with E-state index in [1.165, 1.54) is 16.9 Å². The Kier molecular flexibility index (Phi) is 6.74. The second kappa shape index (κ2) is 9.70. The van der Waals surface area contributed by atoms with Gasteiger partial charge in [-0.2, -0.15) is 5.10 Å². The van der Waals surface area contributed by atoms with E-state index in [0.717, 1.165) is 30.6 Å². The maximum atomic E-state index is 13.6. The van der Waals surface area contributed by atoms with Crippen LogP contribution in [0.3, 0.4) is 0 Å². The van der Waals surface area contributed by atoms with E-state index in [1.54, 1.807) is 4.40 Å². The third kappa shape index (κ3) is 4.48. The Morgan fingerprint density at radius 1 is 1.18 bits per heavy atom. The number of unbranched alkanes of at least 4 members (excludes halogenated alkanes) is 1. The largest absolute Gasteiger partial charge is 0.356 e. The van der Waals surface area contributed by atoms with Crippen LogP contribution in [0.2, 0.25) is 0 Å². The van der Waals surface area contributed by atoms with Crippen LogP contribution in [0.4, 0.5) is 0 Å². The highest BCUT2D eigenvalue weighted by atomic mass is 32.1. The molecule has 172 valence electrons. The minimum absolute atomic E-state index is 0.0894. The first-order valence-electron chi connectivity index (χ1n) is 11.4. The van der Waals surface area contributed by atoms with Crippen molar-refractivity contribution in [3.05, 3.63) is 68.7 Å². The molecule has 1 amide bonds. The number of rotatable bonds is 8. The molecule has 0 unspecified atom stereocenters. The molecule has 1 aromatic carbocycles. The SMILES string of the molecule is CCCCNC(=O)Cc1csc2nc(C)c(-c3cc(C)n(-c4ccccc4CC)n3)c(=O)n12. The van der Waals surface area contributed by atoms with E-state index >= 15 is 0 Å². The molecule has 3 aromatic heterocycles. The van der Waals surface area contributed by atoms with Crippen molar-refractivity contribution >= 4 is 22.2 Å². The Balaban J connectivity index is 1.76. The fourth-order valence-corrected chi connectivity index (χ4v) is 4.94. The second-order valence-corrected chi connectivity index (χ2v) is 9.00. The first-order chi connectivity index (χ1) is 15.9. The van der Waals surface area contributed by atoms with Gasteiger partial charge in [0.05, 0.1) is 23.4 Å². The molecular formula is C25H29N5O2S. The van der Waals surface area contributed by atoms with Crippen LogP contribution >= 0.6 is 11.3 Å². The van der Waals surface area contributed by atoms with E-state index in [9.17, 15) is 9.59 Å². The molecule has 0 spiro atoms. The van der Waals surface area contributed by atoms with E-state index in [2.05, 4.69) is 30.2 Å². The van der Waals surface area contributed by atoms with Gasteiger partial charge in [0.2, 0.25) is 5.91 Å². The van der Waals surface area contributed by atoms with Crippen LogP contribution in [-0.2, 0) is 17.6 Å². The molecule has 0 radical (unpaired) electrons. The van der Waals surface area contributed by atoms with Crippen LogP contribution in [-0.4, -0.2) is 31.6 Å². The van der Waals surface area contributed by atoms with Crippen molar-refractivity contribution in [2.45, 2.75) is 53.4 Å². The standard InChI is InChI=1S/C25H29N5O2S/c1-5-7-12-26-22(31)14-19-15-33-25-27-17(4)23(24(32)29(19)25)20-13-16(3)30(28-20)21-11-9-8-10-18(21)6-2/h8-11,13,15H,5-7,12,14H2,1-4H3,(H,26,31). The van der Waals surface area contributed by atoms with Crippen LogP contribution in [0.5, 0.6) is 0 Å². The molecule has 0 aliphatic heterocycles. The highest BCUT2D eigenvalue weighted by molar-refractivity contribution is 7.15. The Morgan fingerprint density at radius 3 is 2.73 bits per heavy atom. The number of carbonyl (C=O) groups excluding carboxylic acids is 1. The van der Waals surface area contributed by atoms with Gasteiger partial charge in [0.15, 0.2) is 4.96 Å². The fourth-order valence-electron chi connectivity index (χ4n) is 4.01. The van der Waals surface area contributed by atoms with Crippen molar-refractivity contribution in [3.8, 4) is 16.9 Å². The molecule has 1 N–H and O–H groups in total. The summed E-state index contributed by atoms with van der Waals surface area (Å²) in [6.45, 7) is 8.66. The number of nitrogens with zero attached hydrogens (tertiary/aromatic N) is 4. The summed E-state index contributed by atoms with van der Waals surface area (Å²) in [5.74, 6) is -0.0894. The minimum Gasteiger partial charge on any atom is -0.356 e. The lowest BCUT2D eigenvalue weighted by Gasteiger charge is -2.09. The third-order valence-corrected chi connectivity index (χ3v) is 6.63. The van der Waals surface area contributed by atoms with Gasteiger partial charge in [-0.3, -0.25) is 14.0 Å². The highest BCUT2D eigenvalue weighted by Gasteiger charge is 2.20. The van der Waals surface area contributed by atoms with Gasteiger partial charge in [-0.25, -0.2) is 9.67 Å². The summed E-state index contributed by atoms with van der Waals surface area (Å²) in [5, 5.41) is 9.56. The fraction of sp³-hybridized carbons (Fsp3) is 0.360. The molecule has 0 saturated carbocycles. The summed E-state index contributed by atoms with van der Waals surface area (Å²) in [6, 6.07) is 10.1. The highest BCUT2D eigenvalue weighted by Crippen LogP contribution is 2.24. The number of aromatic nitrogens is 4. The van der Waals surface area contributed by atoms with Crippen molar-refractivity contribution < 1.29 is 4.79 Å². The predicted octanol–water partition coefficient (Wildman–Crippen LogP) is 4.25. The van der Waals surface area contributed by atoms with E-state index < -0.39 is 0 Å². The number of nitrogens with one attached hydrogen (secondary N) is 1. The molecule has 7 nitrogen and oxygen atoms in total. The molecule has 0 atom stereocenters. The molecule has 0 aliphatic rings. The number of thiazole rings is 1. The topological polar surface area (TPSA) is 81.3 Å². The average Bonchev–Trinajstić information content (AvgIpc) is 3.37. The van der Waals surface area contributed by atoms with Crippen LogP contribution < -0.4 is 10.9 Å². The van der Waals surface area contributed by atoms with Gasteiger partial charge in [0.25, 0.3) is 5.56 Å². The molecule has 8 heteroatoms. The molecule has 33 heavy (non-hydrogen) atoms. The van der Waals surface area contributed by atoms with Crippen molar-refractivity contribution in [2.24, 2.45) is 0 Å². The quantitative estimate of drug-likeness (QED) is 0.396. The van der Waals surface area contributed by atoms with Crippen LogP contribution in [0, 0.1) is 13.8 Å². The van der Waals surface area contributed by atoms with Crippen LogP contribution in [0.1, 0.15) is 49.3 Å². The van der Waals surface area contributed by atoms with Gasteiger partial charge in [-0.1, -0.05) is 38.5 Å². The van der Waals surface area contributed by atoms with Crippen molar-refractivity contribution in [1.29, 1.82) is 0 Å². The second-order valence-electron chi connectivity index (χ2n) is 8.17. The molecule has 0 aliphatic carbocycles. The first kappa shape index (κ1) is 22.9. The number of hydrogen-bond donors (Lipinski definition) is 1. The Labute approximate surface area is 197 Å². The molecule has 0 bridgehead atoms. The number of amides is 1. The molecule has 4 aromatic rings. The van der Waals surface area contributed by atoms with Crippen molar-refractivity contribution in [1.82, 2.24) is 24.5 Å². The predicted molar refractivity (Wildman–Crippen MR) is 132 cm³/mol. The Morgan fingerprint density at radius 2 is 1.97 bits per heavy atom. The van der Waals surface area contributed by atoms with E-state index in [0.29, 0.717) is 34.2 Å². The summed E-state index contributed by atoms with van der Waals surface area (Å²) in [5.41, 5.74) is 5.28. The number of hydrogen-bond acceptors (Lipinski definition) is 5. The Hall–Kier alpha value is -3.26. The number of fused-ring (bicyclic) bond motifs is 1. The smallest absolute Gasteiger partial charge is 0.268 e. The van der Waals surface area contributed by atoms with Crippen LogP contribution in [0.15, 0.2) is 40.5 Å². The summed E-state index contributed by atoms with van der Waals surface area (Å²) < 4.78 is 3.44. The zero-order valence-corrected chi connectivity index (χ0v) is 20.3. The number of benzene rings is 1. The summed E-state index contributed by atoms with van der Waals surface area (Å²) in [7, 11) is 0. The lowest BCUT2D eigenvalue weighted by molar-refractivity contribution is -0.120. The van der Waals surface area contributed by atoms with E-state index in [4.69, 9.17) is 5.10 Å². The average molecular weight is 464 g/mol. The van der Waals surface area contributed by atoms with Gasteiger partial charge in [-0.05, 0) is 44.4 Å². The molecule has 3 heterocycles. The summed E-state index contributed by atoms with van der Waals surface area (Å²) in [4.78, 5) is 31.2. The monoisotopic (exact) mass is 463 g/mol. The van der Waals surface area contributed by atoms with Crippen molar-refractivity contribution in [3.63, 3.8) is 0 Å². The van der Waals surface area contributed by atoms with Crippen molar-refractivity contribution in [2.75, 3.05) is 6.54 Å². The van der Waals surface area contributed by atoms with Gasteiger partial charge in [0, 0.05) is 23.3 Å². The molecule has 0 fully saturated rings. The molecule has 4 rings (SSSR count). The first-order valence-corrected chi connectivity index (χ1v) is 12.2. The lowest BCUT2D eigenvalue weighted by atomic mass is 10.1. The van der Waals surface area contributed by atoms with E-state index in [-0.39, 0.29) is 17.9 Å². The third-order valence-electron chi connectivity index (χ3n) is 5.76. The summed E-state index contributed by atoms with van der Waals surface area (Å²) in [6.07, 6.45) is 2.98.